The fourth-order valence-electron chi connectivity index (χ4n) is 4.12. The van der Waals surface area contributed by atoms with Crippen molar-refractivity contribution in [2.24, 2.45) is 0 Å². The van der Waals surface area contributed by atoms with Gasteiger partial charge in [-0.25, -0.2) is 8.42 Å². The molecule has 5 rings (SSSR count). The molecule has 182 valence electrons. The molecule has 0 fully saturated rings. The van der Waals surface area contributed by atoms with Crippen LogP contribution in [0.25, 0.3) is 0 Å². The molecule has 2 aliphatic heterocycles. The zero-order valence-corrected chi connectivity index (χ0v) is 20.2. The Labute approximate surface area is 204 Å². The van der Waals surface area contributed by atoms with Crippen LogP contribution in [0.15, 0.2) is 71.6 Å². The summed E-state index contributed by atoms with van der Waals surface area (Å²) >= 11 is 0. The molecule has 0 aliphatic carbocycles. The van der Waals surface area contributed by atoms with E-state index < -0.39 is 22.0 Å². The highest BCUT2D eigenvalue weighted by Crippen LogP contribution is 2.37. The number of amides is 1. The summed E-state index contributed by atoms with van der Waals surface area (Å²) in [6, 6.07) is 18.6. The van der Waals surface area contributed by atoms with E-state index in [2.05, 4.69) is 5.32 Å². The number of para-hydroxylation sites is 2. The largest absolute Gasteiger partial charge is 0.486 e. The number of nitrogens with one attached hydrogen (secondary N) is 1. The average molecular weight is 495 g/mol. The highest BCUT2D eigenvalue weighted by molar-refractivity contribution is 7.92. The van der Waals surface area contributed by atoms with Crippen molar-refractivity contribution >= 4 is 21.6 Å². The number of hydrogen-bond donors (Lipinski definition) is 1. The maximum Gasteiger partial charge on any atom is 0.264 e. The molecule has 3 aromatic carbocycles. The Hall–Kier alpha value is -3.72. The van der Waals surface area contributed by atoms with Gasteiger partial charge in [0, 0.05) is 0 Å². The minimum absolute atomic E-state index is 0.146. The summed E-state index contributed by atoms with van der Waals surface area (Å²) in [6.07, 6.45) is -1.02. The average Bonchev–Trinajstić information content (AvgIpc) is 2.87. The first-order chi connectivity index (χ1) is 16.8. The molecule has 0 radical (unpaired) electrons. The molecule has 1 amide bonds. The van der Waals surface area contributed by atoms with Gasteiger partial charge in [-0.2, -0.15) is 0 Å². The Bertz CT molecular complexity index is 1360. The predicted molar refractivity (Wildman–Crippen MR) is 131 cm³/mol. The number of sulfonamides is 1. The van der Waals surface area contributed by atoms with Crippen LogP contribution in [-0.4, -0.2) is 40.2 Å². The van der Waals surface area contributed by atoms with Gasteiger partial charge < -0.3 is 19.5 Å². The van der Waals surface area contributed by atoms with Crippen molar-refractivity contribution in [3.8, 4) is 17.2 Å². The summed E-state index contributed by atoms with van der Waals surface area (Å²) in [4.78, 5) is 13.4. The third-order valence-corrected chi connectivity index (χ3v) is 7.86. The molecule has 2 atom stereocenters. The molecule has 2 heterocycles. The first kappa shape index (κ1) is 23.0. The normalized spacial score (nSPS) is 17.7. The minimum atomic E-state index is -3.91. The quantitative estimate of drug-likeness (QED) is 0.583. The minimum Gasteiger partial charge on any atom is -0.486 e. The van der Waals surface area contributed by atoms with Crippen LogP contribution in [0.4, 0.5) is 5.69 Å². The van der Waals surface area contributed by atoms with Gasteiger partial charge in [-0.1, -0.05) is 35.9 Å². The standard InChI is InChI=1S/C26H26N2O6S/c1-17-7-10-20(11-8-17)35(30,31)28-16-25(34-22-6-4-3-5-21(22)28)26(29)27-18(2)19-9-12-23-24(15-19)33-14-13-32-23/h3-12,15,18,25H,13-14,16H2,1-2H3,(H,27,29)/t18-,25-/m1/s1. The number of hydrogen-bond acceptors (Lipinski definition) is 6. The van der Waals surface area contributed by atoms with E-state index in [1.807, 2.05) is 32.0 Å². The summed E-state index contributed by atoms with van der Waals surface area (Å²) in [6.45, 7) is 4.57. The van der Waals surface area contributed by atoms with E-state index in [4.69, 9.17) is 14.2 Å². The monoisotopic (exact) mass is 494 g/mol. The molecular weight excluding hydrogens is 468 g/mol. The molecular formula is C26H26N2O6S. The van der Waals surface area contributed by atoms with Crippen molar-refractivity contribution in [2.75, 3.05) is 24.1 Å². The predicted octanol–water partition coefficient (Wildman–Crippen LogP) is 3.60. The molecule has 9 heteroatoms. The van der Waals surface area contributed by atoms with E-state index in [1.54, 1.807) is 48.5 Å². The number of aryl methyl sites for hydroxylation is 1. The fraction of sp³-hybridized carbons (Fsp3) is 0.269. The van der Waals surface area contributed by atoms with Gasteiger partial charge in [0.25, 0.3) is 15.9 Å². The van der Waals surface area contributed by atoms with Crippen LogP contribution in [0.5, 0.6) is 17.2 Å². The molecule has 0 spiro atoms. The number of ether oxygens (including phenoxy) is 3. The number of nitrogens with zero attached hydrogens (tertiary/aromatic N) is 1. The lowest BCUT2D eigenvalue weighted by Gasteiger charge is -2.35. The maximum atomic E-state index is 13.5. The van der Waals surface area contributed by atoms with Crippen LogP contribution in [0.1, 0.15) is 24.1 Å². The fourth-order valence-corrected chi connectivity index (χ4v) is 5.60. The number of rotatable bonds is 5. The smallest absolute Gasteiger partial charge is 0.264 e. The molecule has 3 aromatic rings. The number of fused-ring (bicyclic) bond motifs is 2. The Balaban J connectivity index is 1.38. The zero-order chi connectivity index (χ0) is 24.6. The van der Waals surface area contributed by atoms with Crippen molar-refractivity contribution < 1.29 is 27.4 Å². The van der Waals surface area contributed by atoms with Crippen LogP contribution in [0, 0.1) is 6.92 Å². The number of benzene rings is 3. The Kier molecular flexibility index (Phi) is 6.02. The van der Waals surface area contributed by atoms with E-state index in [-0.39, 0.29) is 17.5 Å². The summed E-state index contributed by atoms with van der Waals surface area (Å²) in [7, 11) is -3.91. The molecule has 0 saturated carbocycles. The number of anilines is 1. The van der Waals surface area contributed by atoms with E-state index in [9.17, 15) is 13.2 Å². The Morgan fingerprint density at radius 1 is 0.971 bits per heavy atom. The first-order valence-corrected chi connectivity index (χ1v) is 12.8. The molecule has 8 nitrogen and oxygen atoms in total. The maximum absolute atomic E-state index is 13.5. The van der Waals surface area contributed by atoms with Crippen LogP contribution in [0.3, 0.4) is 0 Å². The Morgan fingerprint density at radius 2 is 1.69 bits per heavy atom. The molecule has 0 saturated heterocycles. The molecule has 1 N–H and O–H groups in total. The highest BCUT2D eigenvalue weighted by Gasteiger charge is 2.37. The lowest BCUT2D eigenvalue weighted by molar-refractivity contribution is -0.128. The summed E-state index contributed by atoms with van der Waals surface area (Å²) in [5, 5.41) is 2.94. The third-order valence-electron chi connectivity index (χ3n) is 6.06. The van der Waals surface area contributed by atoms with E-state index in [1.165, 1.54) is 4.31 Å². The SMILES string of the molecule is Cc1ccc(S(=O)(=O)N2C[C@H](C(=O)N[C@H](C)c3ccc4c(c3)OCCO4)Oc3ccccc32)cc1. The van der Waals surface area contributed by atoms with E-state index in [0.717, 1.165) is 11.1 Å². The van der Waals surface area contributed by atoms with Crippen LogP contribution in [-0.2, 0) is 14.8 Å². The highest BCUT2D eigenvalue weighted by atomic mass is 32.2. The van der Waals surface area contributed by atoms with Crippen molar-refractivity contribution in [3.05, 3.63) is 77.9 Å². The van der Waals surface area contributed by atoms with Crippen molar-refractivity contribution in [1.82, 2.24) is 5.32 Å². The first-order valence-electron chi connectivity index (χ1n) is 11.4. The van der Waals surface area contributed by atoms with E-state index in [0.29, 0.717) is 36.1 Å². The van der Waals surface area contributed by atoms with E-state index >= 15 is 0 Å². The van der Waals surface area contributed by atoms with Gasteiger partial charge in [-0.05, 0) is 55.8 Å². The van der Waals surface area contributed by atoms with Gasteiger partial charge in [0.05, 0.1) is 23.2 Å². The lowest BCUT2D eigenvalue weighted by Crippen LogP contribution is -2.51. The zero-order valence-electron chi connectivity index (χ0n) is 19.4. The molecule has 2 aliphatic rings. The summed E-state index contributed by atoms with van der Waals surface area (Å²) in [5.41, 5.74) is 2.19. The Morgan fingerprint density at radius 3 is 2.46 bits per heavy atom. The second kappa shape index (κ2) is 9.14. The van der Waals surface area contributed by atoms with Crippen LogP contribution >= 0.6 is 0 Å². The lowest BCUT2D eigenvalue weighted by atomic mass is 10.1. The molecule has 0 bridgehead atoms. The molecule has 0 aromatic heterocycles. The van der Waals surface area contributed by atoms with Crippen molar-refractivity contribution in [3.63, 3.8) is 0 Å². The van der Waals surface area contributed by atoms with Crippen molar-refractivity contribution in [2.45, 2.75) is 30.9 Å². The number of carbonyl (C=O) groups is 1. The van der Waals surface area contributed by atoms with Crippen LogP contribution < -0.4 is 23.8 Å². The number of carbonyl (C=O) groups excluding carboxylic acids is 1. The topological polar surface area (TPSA) is 94.2 Å². The second-order valence-corrected chi connectivity index (χ2v) is 10.4. The van der Waals surface area contributed by atoms with Gasteiger partial charge in [-0.3, -0.25) is 9.10 Å². The van der Waals surface area contributed by atoms with Gasteiger partial charge in [0.1, 0.15) is 19.0 Å². The van der Waals surface area contributed by atoms with Gasteiger partial charge in [0.15, 0.2) is 17.6 Å². The summed E-state index contributed by atoms with van der Waals surface area (Å²) < 4.78 is 45.4. The van der Waals surface area contributed by atoms with Crippen LogP contribution in [0.2, 0.25) is 0 Å². The van der Waals surface area contributed by atoms with Crippen molar-refractivity contribution in [1.29, 1.82) is 0 Å². The van der Waals surface area contributed by atoms with Gasteiger partial charge in [0.2, 0.25) is 0 Å². The van der Waals surface area contributed by atoms with Gasteiger partial charge in [-0.15, -0.1) is 0 Å². The molecule has 0 unspecified atom stereocenters. The third kappa shape index (κ3) is 4.51. The summed E-state index contributed by atoms with van der Waals surface area (Å²) in [5.74, 6) is 1.23. The second-order valence-electron chi connectivity index (χ2n) is 8.56. The molecule has 35 heavy (non-hydrogen) atoms. The van der Waals surface area contributed by atoms with Gasteiger partial charge >= 0.3 is 0 Å².